The van der Waals surface area contributed by atoms with Crippen molar-refractivity contribution in [2.45, 2.75) is 51.9 Å². The number of aliphatic hydroxyl groups is 1. The maximum absolute atomic E-state index is 12.6. The molecule has 154 valence electrons. The average molecular weight is 404 g/mol. The molecule has 1 aromatic heterocycles. The van der Waals surface area contributed by atoms with E-state index in [9.17, 15) is 9.90 Å². The van der Waals surface area contributed by atoms with E-state index in [2.05, 4.69) is 13.8 Å². The molecule has 3 heterocycles. The molecule has 5 heteroatoms. The Morgan fingerprint density at radius 3 is 2.47 bits per heavy atom. The molecule has 30 heavy (non-hydrogen) atoms. The number of rotatable bonds is 1. The van der Waals surface area contributed by atoms with Crippen LogP contribution in [-0.2, 0) is 0 Å². The van der Waals surface area contributed by atoms with E-state index in [-0.39, 0.29) is 29.5 Å². The molecular weight excluding hydrogens is 380 g/mol. The molecule has 3 aromatic rings. The first-order chi connectivity index (χ1) is 14.3. The van der Waals surface area contributed by atoms with Crippen molar-refractivity contribution in [2.24, 2.45) is 11.3 Å². The number of hydrogen-bond donors (Lipinski definition) is 1. The van der Waals surface area contributed by atoms with Crippen molar-refractivity contribution in [3.8, 4) is 22.6 Å². The first-order valence-corrected chi connectivity index (χ1v) is 10.5. The summed E-state index contributed by atoms with van der Waals surface area (Å²) >= 11 is 0. The van der Waals surface area contributed by atoms with E-state index in [1.54, 1.807) is 0 Å². The summed E-state index contributed by atoms with van der Waals surface area (Å²) in [7, 11) is 0. The summed E-state index contributed by atoms with van der Waals surface area (Å²) in [4.78, 5) is 12.6. The van der Waals surface area contributed by atoms with Gasteiger partial charge in [0.25, 0.3) is 0 Å². The van der Waals surface area contributed by atoms with Gasteiger partial charge in [0.15, 0.2) is 5.58 Å². The van der Waals surface area contributed by atoms with Crippen LogP contribution in [-0.4, -0.2) is 17.3 Å². The van der Waals surface area contributed by atoms with Gasteiger partial charge in [-0.2, -0.15) is 0 Å². The van der Waals surface area contributed by atoms with Crippen LogP contribution in [0.3, 0.4) is 0 Å². The van der Waals surface area contributed by atoms with E-state index < -0.39 is 11.7 Å². The lowest BCUT2D eigenvalue weighted by Crippen LogP contribution is -2.33. The molecule has 0 amide bonds. The molecule has 0 saturated heterocycles. The minimum absolute atomic E-state index is 0.0115. The van der Waals surface area contributed by atoms with Gasteiger partial charge in [0, 0.05) is 34.4 Å². The van der Waals surface area contributed by atoms with Crippen molar-refractivity contribution in [3.05, 3.63) is 57.9 Å². The number of hydrogen-bond acceptors (Lipinski definition) is 5. The highest BCUT2D eigenvalue weighted by atomic mass is 16.5. The molecule has 0 bridgehead atoms. The maximum atomic E-state index is 12.6. The van der Waals surface area contributed by atoms with Crippen LogP contribution in [0, 0.1) is 11.3 Å². The fourth-order valence-electron chi connectivity index (χ4n) is 5.31. The zero-order chi connectivity index (χ0) is 20.9. The largest absolute Gasteiger partial charge is 0.489 e. The molecule has 2 aliphatic heterocycles. The van der Waals surface area contributed by atoms with E-state index in [0.717, 1.165) is 27.8 Å². The second kappa shape index (κ2) is 5.67. The number of aliphatic hydroxyl groups excluding tert-OH is 1. The second-order valence-electron chi connectivity index (χ2n) is 9.50. The first-order valence-electron chi connectivity index (χ1n) is 10.5. The Hall–Kier alpha value is -2.79. The highest BCUT2D eigenvalue weighted by Gasteiger charge is 2.67. The van der Waals surface area contributed by atoms with E-state index >= 15 is 0 Å². The zero-order valence-corrected chi connectivity index (χ0v) is 17.4. The van der Waals surface area contributed by atoms with Gasteiger partial charge in [-0.15, -0.1) is 0 Å². The van der Waals surface area contributed by atoms with Crippen molar-refractivity contribution in [2.75, 3.05) is 0 Å². The lowest BCUT2D eigenvalue weighted by molar-refractivity contribution is 0.0171. The summed E-state index contributed by atoms with van der Waals surface area (Å²) in [5.41, 5.74) is 3.20. The summed E-state index contributed by atoms with van der Waals surface area (Å²) in [5, 5.41) is 12.0. The van der Waals surface area contributed by atoms with Crippen molar-refractivity contribution in [1.82, 2.24) is 0 Å². The standard InChI is InChI=1S/C25H24O5/c1-11-12(2)28-23-17-19-24(25(19,3)4)30-21(17)16-14(13-8-6-5-7-9-13)10-15(26)29-22(16)18(23)20(11)27/h5-12,19-20,24,27H,1-4H3/t11-,12+,19?,20+,24?/m0/s1. The SMILES string of the molecule is C[C@H]1[C@@H](C)Oc2c3c(c4c(-c5ccccc5)cc(=O)oc4c2[C@@H]1O)OC1C3C1(C)C. The third kappa shape index (κ3) is 2.13. The van der Waals surface area contributed by atoms with Crippen LogP contribution in [0.25, 0.3) is 22.1 Å². The Labute approximate surface area is 174 Å². The predicted octanol–water partition coefficient (Wildman–Crippen LogP) is 4.79. The Balaban J connectivity index is 1.77. The van der Waals surface area contributed by atoms with Crippen LogP contribution in [0.1, 0.15) is 50.8 Å². The van der Waals surface area contributed by atoms with Gasteiger partial charge >= 0.3 is 5.63 Å². The highest BCUT2D eigenvalue weighted by Crippen LogP contribution is 2.71. The van der Waals surface area contributed by atoms with Crippen molar-refractivity contribution in [3.63, 3.8) is 0 Å². The Bertz CT molecular complexity index is 1260. The van der Waals surface area contributed by atoms with Gasteiger partial charge in [0.2, 0.25) is 0 Å². The third-order valence-electron chi connectivity index (χ3n) is 7.37. The number of fused-ring (bicyclic) bond motifs is 8. The molecular formula is C25H24O5. The molecule has 2 unspecified atom stereocenters. The fourth-order valence-corrected chi connectivity index (χ4v) is 5.31. The summed E-state index contributed by atoms with van der Waals surface area (Å²) in [6.07, 6.45) is -0.876. The van der Waals surface area contributed by atoms with Gasteiger partial charge in [0.1, 0.15) is 23.7 Å². The molecule has 0 radical (unpaired) electrons. The summed E-state index contributed by atoms with van der Waals surface area (Å²) in [6, 6.07) is 11.3. The molecule has 2 aromatic carbocycles. The molecule has 0 spiro atoms. The molecule has 1 saturated carbocycles. The first kappa shape index (κ1) is 18.0. The normalized spacial score (nSPS) is 30.1. The van der Waals surface area contributed by atoms with E-state index in [1.165, 1.54) is 6.07 Å². The maximum Gasteiger partial charge on any atom is 0.336 e. The Morgan fingerprint density at radius 1 is 1.00 bits per heavy atom. The molecule has 5 nitrogen and oxygen atoms in total. The fraction of sp³-hybridized carbons (Fsp3) is 0.400. The third-order valence-corrected chi connectivity index (χ3v) is 7.37. The lowest BCUT2D eigenvalue weighted by atomic mass is 9.84. The van der Waals surface area contributed by atoms with Crippen LogP contribution < -0.4 is 15.1 Å². The quantitative estimate of drug-likeness (QED) is 0.591. The van der Waals surface area contributed by atoms with Crippen LogP contribution in [0.2, 0.25) is 0 Å². The number of benzene rings is 2. The summed E-state index contributed by atoms with van der Waals surface area (Å²) in [6.45, 7) is 8.30. The summed E-state index contributed by atoms with van der Waals surface area (Å²) in [5.74, 6) is 1.44. The summed E-state index contributed by atoms with van der Waals surface area (Å²) < 4.78 is 18.5. The van der Waals surface area contributed by atoms with Gasteiger partial charge in [-0.1, -0.05) is 51.1 Å². The molecule has 1 N–H and O–H groups in total. The van der Waals surface area contributed by atoms with Crippen LogP contribution in [0.5, 0.6) is 11.5 Å². The van der Waals surface area contributed by atoms with Crippen molar-refractivity contribution < 1.29 is 19.0 Å². The smallest absolute Gasteiger partial charge is 0.336 e. The van der Waals surface area contributed by atoms with Gasteiger partial charge < -0.3 is 19.0 Å². The van der Waals surface area contributed by atoms with Gasteiger partial charge in [0.05, 0.1) is 17.1 Å². The van der Waals surface area contributed by atoms with Gasteiger partial charge in [-0.3, -0.25) is 0 Å². The zero-order valence-electron chi connectivity index (χ0n) is 17.4. The van der Waals surface area contributed by atoms with Gasteiger partial charge in [-0.05, 0) is 12.5 Å². The minimum Gasteiger partial charge on any atom is -0.489 e. The molecule has 6 rings (SSSR count). The van der Waals surface area contributed by atoms with Gasteiger partial charge in [-0.25, -0.2) is 4.79 Å². The lowest BCUT2D eigenvalue weighted by Gasteiger charge is -2.35. The minimum atomic E-state index is -0.786. The highest BCUT2D eigenvalue weighted by molar-refractivity contribution is 6.03. The molecule has 1 aliphatic carbocycles. The second-order valence-corrected chi connectivity index (χ2v) is 9.50. The Kier molecular flexibility index (Phi) is 3.40. The Morgan fingerprint density at radius 2 is 1.73 bits per heavy atom. The monoisotopic (exact) mass is 404 g/mol. The van der Waals surface area contributed by atoms with Crippen LogP contribution in [0.15, 0.2) is 45.6 Å². The topological polar surface area (TPSA) is 68.9 Å². The van der Waals surface area contributed by atoms with E-state index in [0.29, 0.717) is 16.9 Å². The van der Waals surface area contributed by atoms with Crippen molar-refractivity contribution >= 4 is 11.0 Å². The van der Waals surface area contributed by atoms with E-state index in [1.807, 2.05) is 44.2 Å². The molecule has 1 fully saturated rings. The average Bonchev–Trinajstić information content (AvgIpc) is 3.06. The van der Waals surface area contributed by atoms with E-state index in [4.69, 9.17) is 13.9 Å². The van der Waals surface area contributed by atoms with Crippen molar-refractivity contribution in [1.29, 1.82) is 0 Å². The molecule has 3 aliphatic rings. The molecule has 5 atom stereocenters. The van der Waals surface area contributed by atoms with Crippen LogP contribution >= 0.6 is 0 Å². The number of ether oxygens (including phenoxy) is 2. The van der Waals surface area contributed by atoms with Crippen LogP contribution in [0.4, 0.5) is 0 Å². The predicted molar refractivity (Wildman–Crippen MR) is 113 cm³/mol.